The molecule has 0 bridgehead atoms. The van der Waals surface area contributed by atoms with E-state index < -0.39 is 0 Å². The van der Waals surface area contributed by atoms with Crippen LogP contribution in [0.1, 0.15) is 11.1 Å². The van der Waals surface area contributed by atoms with Crippen LogP contribution in [0.5, 0.6) is 5.75 Å². The van der Waals surface area contributed by atoms with Gasteiger partial charge in [0.1, 0.15) is 24.0 Å². The Balaban J connectivity index is 1.97. The minimum Gasteiger partial charge on any atom is -0.489 e. The molecule has 0 unspecified atom stereocenters. The quantitative estimate of drug-likeness (QED) is 0.374. The van der Waals surface area contributed by atoms with Gasteiger partial charge in [0.25, 0.3) is 0 Å². The van der Waals surface area contributed by atoms with Crippen molar-refractivity contribution in [2.24, 2.45) is 10.9 Å². The lowest BCUT2D eigenvalue weighted by molar-refractivity contribution is 0.299. The van der Waals surface area contributed by atoms with E-state index in [9.17, 15) is 4.39 Å². The SMILES string of the molecule is N/C(Cc1ccc(OCc2ccc(Br)cc2F)cc1)=N\O. The predicted molar refractivity (Wildman–Crippen MR) is 82.0 cm³/mol. The summed E-state index contributed by atoms with van der Waals surface area (Å²) in [5.41, 5.74) is 6.81. The maximum absolute atomic E-state index is 13.6. The zero-order valence-electron chi connectivity index (χ0n) is 11.1. The molecule has 0 spiro atoms. The Hall–Kier alpha value is -2.08. The summed E-state index contributed by atoms with van der Waals surface area (Å²) in [7, 11) is 0. The summed E-state index contributed by atoms with van der Waals surface area (Å²) < 4.78 is 19.9. The van der Waals surface area contributed by atoms with Gasteiger partial charge in [-0.15, -0.1) is 0 Å². The first-order valence-corrected chi connectivity index (χ1v) is 7.00. The lowest BCUT2D eigenvalue weighted by Gasteiger charge is -2.08. The molecule has 3 N–H and O–H groups in total. The van der Waals surface area contributed by atoms with Crippen LogP contribution >= 0.6 is 15.9 Å². The molecule has 2 rings (SSSR count). The highest BCUT2D eigenvalue weighted by Crippen LogP contribution is 2.18. The van der Waals surface area contributed by atoms with Gasteiger partial charge in [0.15, 0.2) is 0 Å². The molecule has 0 heterocycles. The average Bonchev–Trinajstić information content (AvgIpc) is 2.48. The van der Waals surface area contributed by atoms with Crippen molar-refractivity contribution < 1.29 is 14.3 Å². The molecule has 6 heteroatoms. The second-order valence-electron chi connectivity index (χ2n) is 4.44. The molecule has 2 aromatic carbocycles. The average molecular weight is 353 g/mol. The minimum atomic E-state index is -0.312. The normalized spacial score (nSPS) is 11.4. The standard InChI is InChI=1S/C15H14BrFN2O2/c16-12-4-3-11(14(17)8-12)9-21-13-5-1-10(2-6-13)7-15(18)19-20/h1-6,8,20H,7,9H2,(H2,18,19). The summed E-state index contributed by atoms with van der Waals surface area (Å²) in [6.07, 6.45) is 0.359. The molecule has 4 nitrogen and oxygen atoms in total. The molecule has 0 aromatic heterocycles. The van der Waals surface area contributed by atoms with E-state index in [-0.39, 0.29) is 18.3 Å². The summed E-state index contributed by atoms with van der Waals surface area (Å²) in [5.74, 6) is 0.453. The van der Waals surface area contributed by atoms with Crippen LogP contribution in [0, 0.1) is 5.82 Å². The predicted octanol–water partition coefficient (Wildman–Crippen LogP) is 3.46. The summed E-state index contributed by atoms with van der Waals surface area (Å²) >= 11 is 3.21. The van der Waals surface area contributed by atoms with Gasteiger partial charge in [0.05, 0.1) is 0 Å². The summed E-state index contributed by atoms with van der Waals surface area (Å²) in [6.45, 7) is 0.151. The zero-order chi connectivity index (χ0) is 15.2. The molecule has 0 atom stereocenters. The fourth-order valence-corrected chi connectivity index (χ4v) is 2.08. The number of rotatable bonds is 5. The van der Waals surface area contributed by atoms with Gasteiger partial charge >= 0.3 is 0 Å². The number of halogens is 2. The summed E-state index contributed by atoms with van der Waals surface area (Å²) in [6, 6.07) is 12.0. The number of nitrogens with zero attached hydrogens (tertiary/aromatic N) is 1. The highest BCUT2D eigenvalue weighted by atomic mass is 79.9. The molecular formula is C15H14BrFN2O2. The first-order valence-electron chi connectivity index (χ1n) is 6.20. The fraction of sp³-hybridized carbons (Fsp3) is 0.133. The third-order valence-electron chi connectivity index (χ3n) is 2.85. The summed E-state index contributed by atoms with van der Waals surface area (Å²) in [5, 5.41) is 11.4. The Morgan fingerprint density at radius 1 is 1.24 bits per heavy atom. The van der Waals surface area contributed by atoms with Crippen LogP contribution in [0.2, 0.25) is 0 Å². The van der Waals surface area contributed by atoms with Gasteiger partial charge in [-0.3, -0.25) is 0 Å². The Bertz CT molecular complexity index is 645. The maximum atomic E-state index is 13.6. The van der Waals surface area contributed by atoms with Crippen molar-refractivity contribution >= 4 is 21.8 Å². The van der Waals surface area contributed by atoms with Crippen molar-refractivity contribution in [3.05, 3.63) is 63.9 Å². The molecule has 0 fully saturated rings. The van der Waals surface area contributed by atoms with Gasteiger partial charge < -0.3 is 15.7 Å². The van der Waals surface area contributed by atoms with E-state index in [1.807, 2.05) is 12.1 Å². The van der Waals surface area contributed by atoms with E-state index in [4.69, 9.17) is 15.7 Å². The number of amidine groups is 1. The van der Waals surface area contributed by atoms with E-state index in [0.717, 1.165) is 5.56 Å². The third-order valence-corrected chi connectivity index (χ3v) is 3.34. The Kier molecular flexibility index (Phi) is 5.16. The molecule has 0 aliphatic carbocycles. The van der Waals surface area contributed by atoms with Crippen molar-refractivity contribution in [3.63, 3.8) is 0 Å². The first kappa shape index (κ1) is 15.3. The molecule has 0 saturated carbocycles. The van der Waals surface area contributed by atoms with Gasteiger partial charge in [-0.1, -0.05) is 39.3 Å². The molecular weight excluding hydrogens is 339 g/mol. The molecule has 0 amide bonds. The zero-order valence-corrected chi connectivity index (χ0v) is 12.7. The van der Waals surface area contributed by atoms with Gasteiger partial charge in [0.2, 0.25) is 0 Å². The first-order chi connectivity index (χ1) is 10.1. The van der Waals surface area contributed by atoms with Crippen LogP contribution in [-0.4, -0.2) is 11.0 Å². The Labute approximate surface area is 130 Å². The number of ether oxygens (including phenoxy) is 1. The monoisotopic (exact) mass is 352 g/mol. The molecule has 0 aliphatic rings. The van der Waals surface area contributed by atoms with Crippen LogP contribution in [0.15, 0.2) is 52.1 Å². The van der Waals surface area contributed by atoms with Crippen LogP contribution < -0.4 is 10.5 Å². The molecule has 110 valence electrons. The lowest BCUT2D eigenvalue weighted by Crippen LogP contribution is -2.14. The van der Waals surface area contributed by atoms with Crippen molar-refractivity contribution in [3.8, 4) is 5.75 Å². The maximum Gasteiger partial charge on any atom is 0.143 e. The van der Waals surface area contributed by atoms with Gasteiger partial charge in [-0.05, 0) is 29.8 Å². The van der Waals surface area contributed by atoms with Crippen molar-refractivity contribution in [2.75, 3.05) is 0 Å². The van der Waals surface area contributed by atoms with Crippen LogP contribution in [0.25, 0.3) is 0 Å². The van der Waals surface area contributed by atoms with Crippen molar-refractivity contribution in [1.29, 1.82) is 0 Å². The second-order valence-corrected chi connectivity index (χ2v) is 5.35. The Morgan fingerprint density at radius 2 is 1.95 bits per heavy atom. The van der Waals surface area contributed by atoms with E-state index in [1.54, 1.807) is 24.3 Å². The van der Waals surface area contributed by atoms with Gasteiger partial charge in [-0.2, -0.15) is 0 Å². The number of oxime groups is 1. The van der Waals surface area contributed by atoms with Crippen molar-refractivity contribution in [2.45, 2.75) is 13.0 Å². The fourth-order valence-electron chi connectivity index (χ4n) is 1.75. The molecule has 21 heavy (non-hydrogen) atoms. The number of hydrogen-bond donors (Lipinski definition) is 2. The van der Waals surface area contributed by atoms with Crippen LogP contribution in [0.4, 0.5) is 4.39 Å². The van der Waals surface area contributed by atoms with Crippen molar-refractivity contribution in [1.82, 2.24) is 0 Å². The third kappa shape index (κ3) is 4.46. The number of nitrogens with two attached hydrogens (primary N) is 1. The highest BCUT2D eigenvalue weighted by molar-refractivity contribution is 9.10. The van der Waals surface area contributed by atoms with E-state index in [2.05, 4.69) is 21.1 Å². The van der Waals surface area contributed by atoms with Crippen LogP contribution in [-0.2, 0) is 13.0 Å². The topological polar surface area (TPSA) is 67.8 Å². The smallest absolute Gasteiger partial charge is 0.143 e. The molecule has 0 radical (unpaired) electrons. The molecule has 0 saturated heterocycles. The van der Waals surface area contributed by atoms with Crippen LogP contribution in [0.3, 0.4) is 0 Å². The van der Waals surface area contributed by atoms with Gasteiger partial charge in [0, 0.05) is 16.5 Å². The Morgan fingerprint density at radius 3 is 2.57 bits per heavy atom. The number of hydrogen-bond acceptors (Lipinski definition) is 3. The number of benzene rings is 2. The molecule has 2 aromatic rings. The van der Waals surface area contributed by atoms with E-state index >= 15 is 0 Å². The highest BCUT2D eigenvalue weighted by Gasteiger charge is 2.04. The lowest BCUT2D eigenvalue weighted by atomic mass is 10.1. The largest absolute Gasteiger partial charge is 0.489 e. The van der Waals surface area contributed by atoms with Gasteiger partial charge in [-0.25, -0.2) is 4.39 Å². The second kappa shape index (κ2) is 7.08. The van der Waals surface area contributed by atoms with E-state index in [1.165, 1.54) is 6.07 Å². The summed E-state index contributed by atoms with van der Waals surface area (Å²) in [4.78, 5) is 0. The molecule has 0 aliphatic heterocycles. The van der Waals surface area contributed by atoms with E-state index in [0.29, 0.717) is 22.2 Å². The minimum absolute atomic E-state index is 0.139.